The first-order valence-corrected chi connectivity index (χ1v) is 9.32. The van der Waals surface area contributed by atoms with Gasteiger partial charge in [0.1, 0.15) is 5.69 Å². The normalized spacial score (nSPS) is 18.0. The summed E-state index contributed by atoms with van der Waals surface area (Å²) in [5.41, 5.74) is 1.16. The average molecular weight is 350 g/mol. The van der Waals surface area contributed by atoms with Crippen LogP contribution in [0.4, 0.5) is 0 Å². The first-order chi connectivity index (χ1) is 11.4. The summed E-state index contributed by atoms with van der Waals surface area (Å²) in [7, 11) is -3.29. The van der Waals surface area contributed by atoms with Crippen LogP contribution >= 0.6 is 0 Å². The molecule has 0 saturated carbocycles. The predicted molar refractivity (Wildman–Crippen MR) is 85.3 cm³/mol. The second kappa shape index (κ2) is 6.65. The second-order valence-corrected chi connectivity index (χ2v) is 7.60. The minimum absolute atomic E-state index is 0.0958. The summed E-state index contributed by atoms with van der Waals surface area (Å²) in [5, 5.41) is 4.25. The van der Waals surface area contributed by atoms with E-state index >= 15 is 0 Å². The Hall–Kier alpha value is -2.33. The lowest BCUT2D eigenvalue weighted by Gasteiger charge is -2.23. The van der Waals surface area contributed by atoms with E-state index in [-0.39, 0.29) is 24.1 Å². The quantitative estimate of drug-likeness (QED) is 0.796. The van der Waals surface area contributed by atoms with Gasteiger partial charge in [0.25, 0.3) is 5.91 Å². The van der Waals surface area contributed by atoms with Crippen molar-refractivity contribution in [2.24, 2.45) is 5.92 Å². The largest absolute Gasteiger partial charge is 0.331 e. The molecule has 1 aliphatic rings. The minimum atomic E-state index is -3.29. The van der Waals surface area contributed by atoms with Gasteiger partial charge in [-0.05, 0) is 6.07 Å². The Labute approximate surface area is 139 Å². The lowest BCUT2D eigenvalue weighted by molar-refractivity contribution is 0.0716. The van der Waals surface area contributed by atoms with Crippen molar-refractivity contribution in [1.29, 1.82) is 0 Å². The molecule has 0 radical (unpaired) electrons. The zero-order chi connectivity index (χ0) is 17.2. The van der Waals surface area contributed by atoms with Gasteiger partial charge in [0.05, 0.1) is 24.7 Å². The molecule has 0 spiro atoms. The third kappa shape index (κ3) is 3.95. The second-order valence-electron chi connectivity index (χ2n) is 5.77. The zero-order valence-electron chi connectivity index (χ0n) is 13.2. The minimum Gasteiger partial charge on any atom is -0.331 e. The Balaban J connectivity index is 1.82. The zero-order valence-corrected chi connectivity index (χ0v) is 14.0. The first kappa shape index (κ1) is 16.5. The summed E-state index contributed by atoms with van der Waals surface area (Å²) in [6.45, 7) is 1.57. The molecule has 1 aliphatic heterocycles. The first-order valence-electron chi connectivity index (χ1n) is 7.43. The number of carbonyl (C=O) groups excluding carboxylic acids is 1. The molecule has 128 valence electrons. The van der Waals surface area contributed by atoms with E-state index in [1.165, 1.54) is 18.6 Å². The Morgan fingerprint density at radius 3 is 2.88 bits per heavy atom. The summed E-state index contributed by atoms with van der Waals surface area (Å²) >= 11 is 0. The highest BCUT2D eigenvalue weighted by Crippen LogP contribution is 2.17. The maximum Gasteiger partial charge on any atom is 0.274 e. The third-order valence-electron chi connectivity index (χ3n) is 3.77. The fourth-order valence-corrected chi connectivity index (χ4v) is 3.20. The third-order valence-corrected chi connectivity index (χ3v) is 4.46. The van der Waals surface area contributed by atoms with Crippen LogP contribution in [-0.4, -0.2) is 58.3 Å². The molecule has 0 aliphatic carbocycles. The number of aromatic nitrogens is 4. The van der Waals surface area contributed by atoms with Gasteiger partial charge in [0.2, 0.25) is 10.0 Å². The van der Waals surface area contributed by atoms with Gasteiger partial charge in [-0.3, -0.25) is 14.5 Å². The van der Waals surface area contributed by atoms with Crippen LogP contribution in [0.2, 0.25) is 0 Å². The highest BCUT2D eigenvalue weighted by atomic mass is 32.2. The monoisotopic (exact) mass is 350 g/mol. The summed E-state index contributed by atoms with van der Waals surface area (Å²) in [6.07, 6.45) is 7.19. The SMILES string of the molecule is CS(=O)(=O)NCC1CN(C(=O)c2cnccn2)Cc2ccnn2C1. The molecule has 3 heterocycles. The van der Waals surface area contributed by atoms with Crippen LogP contribution < -0.4 is 4.72 Å². The van der Waals surface area contributed by atoms with E-state index < -0.39 is 10.0 Å². The molecule has 3 rings (SSSR count). The number of nitrogens with zero attached hydrogens (tertiary/aromatic N) is 5. The highest BCUT2D eigenvalue weighted by molar-refractivity contribution is 7.88. The number of amides is 1. The number of carbonyl (C=O) groups is 1. The van der Waals surface area contributed by atoms with E-state index in [2.05, 4.69) is 19.8 Å². The topological polar surface area (TPSA) is 110 Å². The van der Waals surface area contributed by atoms with Crippen molar-refractivity contribution in [2.75, 3.05) is 19.3 Å². The molecule has 0 fully saturated rings. The van der Waals surface area contributed by atoms with Crippen LogP contribution in [0.15, 0.2) is 30.9 Å². The van der Waals surface area contributed by atoms with Crippen LogP contribution in [-0.2, 0) is 23.1 Å². The lowest BCUT2D eigenvalue weighted by Crippen LogP contribution is -2.39. The van der Waals surface area contributed by atoms with Gasteiger partial charge in [-0.1, -0.05) is 0 Å². The lowest BCUT2D eigenvalue weighted by atomic mass is 10.1. The summed E-state index contributed by atoms with van der Waals surface area (Å²) < 4.78 is 27.0. The molecule has 2 aromatic heterocycles. The predicted octanol–water partition coefficient (Wildman–Crippen LogP) is -0.505. The Morgan fingerprint density at radius 2 is 2.17 bits per heavy atom. The summed E-state index contributed by atoms with van der Waals surface area (Å²) in [4.78, 5) is 22.3. The molecular weight excluding hydrogens is 332 g/mol. The Kier molecular flexibility index (Phi) is 4.58. The van der Waals surface area contributed by atoms with E-state index in [1.807, 2.05) is 6.07 Å². The van der Waals surface area contributed by atoms with E-state index in [0.717, 1.165) is 11.9 Å². The van der Waals surface area contributed by atoms with Gasteiger partial charge < -0.3 is 4.90 Å². The van der Waals surface area contributed by atoms with Gasteiger partial charge in [-0.2, -0.15) is 5.10 Å². The van der Waals surface area contributed by atoms with Crippen molar-refractivity contribution >= 4 is 15.9 Å². The van der Waals surface area contributed by atoms with Gasteiger partial charge in [-0.15, -0.1) is 0 Å². The van der Waals surface area contributed by atoms with Crippen molar-refractivity contribution in [3.8, 4) is 0 Å². The average Bonchev–Trinajstić information content (AvgIpc) is 2.90. The molecule has 1 atom stereocenters. The van der Waals surface area contributed by atoms with Crippen molar-refractivity contribution in [2.45, 2.75) is 13.1 Å². The molecule has 1 unspecified atom stereocenters. The summed E-state index contributed by atoms with van der Waals surface area (Å²) in [6, 6.07) is 1.85. The Morgan fingerprint density at radius 1 is 1.33 bits per heavy atom. The number of hydrogen-bond donors (Lipinski definition) is 1. The van der Waals surface area contributed by atoms with E-state index in [9.17, 15) is 13.2 Å². The van der Waals surface area contributed by atoms with Crippen molar-refractivity contribution in [3.63, 3.8) is 0 Å². The number of nitrogens with one attached hydrogen (secondary N) is 1. The fraction of sp³-hybridized carbons (Fsp3) is 0.429. The molecule has 0 aromatic carbocycles. The molecule has 1 N–H and O–H groups in total. The fourth-order valence-electron chi connectivity index (χ4n) is 2.66. The molecular formula is C14H18N6O3S. The Bertz CT molecular complexity index is 820. The smallest absolute Gasteiger partial charge is 0.274 e. The van der Waals surface area contributed by atoms with Gasteiger partial charge >= 0.3 is 0 Å². The number of hydrogen-bond acceptors (Lipinski definition) is 6. The molecule has 1 amide bonds. The number of sulfonamides is 1. The van der Waals surface area contributed by atoms with Crippen LogP contribution in [0.1, 0.15) is 16.2 Å². The molecule has 0 saturated heterocycles. The molecule has 9 nitrogen and oxygen atoms in total. The van der Waals surface area contributed by atoms with E-state index in [1.54, 1.807) is 15.8 Å². The number of rotatable bonds is 4. The van der Waals surface area contributed by atoms with Gasteiger partial charge in [0, 0.05) is 44.1 Å². The molecule has 10 heteroatoms. The van der Waals surface area contributed by atoms with Crippen molar-refractivity contribution in [3.05, 3.63) is 42.2 Å². The number of fused-ring (bicyclic) bond motifs is 1. The van der Waals surface area contributed by atoms with Crippen LogP contribution in [0.25, 0.3) is 0 Å². The van der Waals surface area contributed by atoms with E-state index in [4.69, 9.17) is 0 Å². The molecule has 2 aromatic rings. The molecule has 0 bridgehead atoms. The molecule has 24 heavy (non-hydrogen) atoms. The van der Waals surface area contributed by atoms with Gasteiger partial charge in [-0.25, -0.2) is 18.1 Å². The van der Waals surface area contributed by atoms with Crippen molar-refractivity contribution < 1.29 is 13.2 Å². The van der Waals surface area contributed by atoms with Crippen LogP contribution in [0, 0.1) is 5.92 Å². The van der Waals surface area contributed by atoms with Gasteiger partial charge in [0.15, 0.2) is 0 Å². The maximum absolute atomic E-state index is 12.7. The highest BCUT2D eigenvalue weighted by Gasteiger charge is 2.27. The summed E-state index contributed by atoms with van der Waals surface area (Å²) in [5.74, 6) is -0.330. The van der Waals surface area contributed by atoms with Crippen LogP contribution in [0.3, 0.4) is 0 Å². The van der Waals surface area contributed by atoms with E-state index in [0.29, 0.717) is 19.6 Å². The maximum atomic E-state index is 12.7. The standard InChI is InChI=1S/C14H18N6O3S/c1-24(22,23)18-6-11-8-19(10-12-2-3-17-20(12)9-11)14(21)13-7-15-4-5-16-13/h2-5,7,11,18H,6,8-10H2,1H3. The van der Waals surface area contributed by atoms with Crippen LogP contribution in [0.5, 0.6) is 0 Å². The van der Waals surface area contributed by atoms with Crippen molar-refractivity contribution in [1.82, 2.24) is 29.4 Å².